The zero-order valence-electron chi connectivity index (χ0n) is 10.2. The van der Waals surface area contributed by atoms with Crippen molar-refractivity contribution in [2.24, 2.45) is 0 Å². The van der Waals surface area contributed by atoms with Crippen LogP contribution in [0.5, 0.6) is 0 Å². The van der Waals surface area contributed by atoms with Gasteiger partial charge in [0.1, 0.15) is 0 Å². The topological polar surface area (TPSA) is 58.2 Å². The number of piperidine rings is 1. The predicted octanol–water partition coefficient (Wildman–Crippen LogP) is 0.852. The van der Waals surface area contributed by atoms with Gasteiger partial charge >= 0.3 is 0 Å². The van der Waals surface area contributed by atoms with E-state index in [1.807, 2.05) is 6.07 Å². The molecule has 2 amide bonds. The molecule has 1 atom stereocenters. The van der Waals surface area contributed by atoms with Crippen molar-refractivity contribution in [1.82, 2.24) is 10.6 Å². The van der Waals surface area contributed by atoms with Crippen molar-refractivity contribution in [2.45, 2.75) is 31.7 Å². The average molecular weight is 244 g/mol. The van der Waals surface area contributed by atoms with Gasteiger partial charge in [-0.3, -0.25) is 14.9 Å². The van der Waals surface area contributed by atoms with Gasteiger partial charge in [-0.05, 0) is 36.1 Å². The molecule has 3 rings (SSSR count). The van der Waals surface area contributed by atoms with E-state index in [-0.39, 0.29) is 17.7 Å². The molecule has 0 bridgehead atoms. The molecule has 1 aromatic rings. The summed E-state index contributed by atoms with van der Waals surface area (Å²) in [7, 11) is 0. The van der Waals surface area contributed by atoms with Crippen molar-refractivity contribution in [3.63, 3.8) is 0 Å². The third-order valence-corrected chi connectivity index (χ3v) is 3.76. The highest BCUT2D eigenvalue weighted by Gasteiger charge is 2.28. The molecule has 4 heteroatoms. The Hall–Kier alpha value is -1.68. The number of rotatable bonds is 1. The number of amides is 2. The van der Waals surface area contributed by atoms with E-state index in [2.05, 4.69) is 22.8 Å². The molecule has 2 aliphatic heterocycles. The van der Waals surface area contributed by atoms with Gasteiger partial charge in [0, 0.05) is 13.0 Å². The zero-order chi connectivity index (χ0) is 12.5. The molecule has 1 saturated heterocycles. The third kappa shape index (κ3) is 2.04. The molecule has 1 fully saturated rings. The number of hydrogen-bond acceptors (Lipinski definition) is 3. The van der Waals surface area contributed by atoms with Gasteiger partial charge in [-0.25, -0.2) is 0 Å². The summed E-state index contributed by atoms with van der Waals surface area (Å²) in [6, 6.07) is 6.26. The molecule has 4 nitrogen and oxygen atoms in total. The predicted molar refractivity (Wildman–Crippen MR) is 67.0 cm³/mol. The molecule has 94 valence electrons. The summed E-state index contributed by atoms with van der Waals surface area (Å²) in [6.07, 6.45) is 2.10. The SMILES string of the molecule is O=C1CC[C@H](c2ccc3c(c2)CNCC3)C(=O)N1. The molecule has 2 heterocycles. The second-order valence-corrected chi connectivity index (χ2v) is 4.96. The fourth-order valence-corrected chi connectivity index (χ4v) is 2.73. The normalized spacial score (nSPS) is 23.4. The Morgan fingerprint density at radius 2 is 2.00 bits per heavy atom. The van der Waals surface area contributed by atoms with E-state index < -0.39 is 0 Å². The maximum atomic E-state index is 11.8. The Kier molecular flexibility index (Phi) is 2.88. The maximum Gasteiger partial charge on any atom is 0.234 e. The number of hydrogen-bond donors (Lipinski definition) is 2. The average Bonchev–Trinajstić information content (AvgIpc) is 2.38. The van der Waals surface area contributed by atoms with Crippen LogP contribution in [0.25, 0.3) is 0 Å². The molecule has 2 N–H and O–H groups in total. The van der Waals surface area contributed by atoms with Gasteiger partial charge in [0.05, 0.1) is 5.92 Å². The summed E-state index contributed by atoms with van der Waals surface area (Å²) in [5, 5.41) is 5.75. The second kappa shape index (κ2) is 4.53. The van der Waals surface area contributed by atoms with Crippen LogP contribution in [0.1, 0.15) is 35.4 Å². The Bertz CT molecular complexity index is 511. The molecule has 1 aromatic carbocycles. The molecule has 0 spiro atoms. The first-order valence-corrected chi connectivity index (χ1v) is 6.40. The van der Waals surface area contributed by atoms with Crippen LogP contribution < -0.4 is 10.6 Å². The van der Waals surface area contributed by atoms with E-state index >= 15 is 0 Å². The number of fused-ring (bicyclic) bond motifs is 1. The van der Waals surface area contributed by atoms with Gasteiger partial charge in [0.25, 0.3) is 0 Å². The molecule has 0 aromatic heterocycles. The van der Waals surface area contributed by atoms with Crippen molar-refractivity contribution in [1.29, 1.82) is 0 Å². The van der Waals surface area contributed by atoms with Crippen molar-refractivity contribution in [2.75, 3.05) is 6.54 Å². The van der Waals surface area contributed by atoms with Crippen molar-refractivity contribution >= 4 is 11.8 Å². The number of imide groups is 1. The Labute approximate surface area is 106 Å². The Balaban J connectivity index is 1.88. The standard InChI is InChI=1S/C14H16N2O2/c17-13-4-3-12(14(18)16-13)10-2-1-9-5-6-15-8-11(9)7-10/h1-2,7,12,15H,3-6,8H2,(H,16,17,18)/t12-/m1/s1. The van der Waals surface area contributed by atoms with Crippen LogP contribution in [-0.4, -0.2) is 18.4 Å². The van der Waals surface area contributed by atoms with Crippen LogP contribution in [0.2, 0.25) is 0 Å². The molecule has 2 aliphatic rings. The van der Waals surface area contributed by atoms with E-state index in [1.165, 1.54) is 11.1 Å². The molecule has 0 unspecified atom stereocenters. The lowest BCUT2D eigenvalue weighted by Crippen LogP contribution is -2.39. The number of carbonyl (C=O) groups excluding carboxylic acids is 2. The Morgan fingerprint density at radius 1 is 1.11 bits per heavy atom. The zero-order valence-corrected chi connectivity index (χ0v) is 10.2. The summed E-state index contributed by atoms with van der Waals surface area (Å²) in [5.74, 6) is -0.485. The summed E-state index contributed by atoms with van der Waals surface area (Å²) < 4.78 is 0. The number of nitrogens with one attached hydrogen (secondary N) is 2. The van der Waals surface area contributed by atoms with Crippen molar-refractivity contribution < 1.29 is 9.59 Å². The summed E-state index contributed by atoms with van der Waals surface area (Å²) >= 11 is 0. The van der Waals surface area contributed by atoms with Gasteiger partial charge in [-0.2, -0.15) is 0 Å². The lowest BCUT2D eigenvalue weighted by atomic mass is 9.87. The highest BCUT2D eigenvalue weighted by Crippen LogP contribution is 2.27. The third-order valence-electron chi connectivity index (χ3n) is 3.76. The quantitative estimate of drug-likeness (QED) is 0.720. The van der Waals surface area contributed by atoms with E-state index in [0.29, 0.717) is 12.8 Å². The fourth-order valence-electron chi connectivity index (χ4n) is 2.73. The largest absolute Gasteiger partial charge is 0.312 e. The molecular weight excluding hydrogens is 228 g/mol. The smallest absolute Gasteiger partial charge is 0.234 e. The lowest BCUT2D eigenvalue weighted by molar-refractivity contribution is -0.134. The fraction of sp³-hybridized carbons (Fsp3) is 0.429. The van der Waals surface area contributed by atoms with Crippen LogP contribution in [0.3, 0.4) is 0 Å². The van der Waals surface area contributed by atoms with Crippen LogP contribution in [0, 0.1) is 0 Å². The van der Waals surface area contributed by atoms with Crippen LogP contribution in [0.15, 0.2) is 18.2 Å². The molecule has 18 heavy (non-hydrogen) atoms. The lowest BCUT2D eigenvalue weighted by Gasteiger charge is -2.23. The summed E-state index contributed by atoms with van der Waals surface area (Å²) in [5.41, 5.74) is 3.68. The van der Waals surface area contributed by atoms with E-state index in [1.54, 1.807) is 0 Å². The highest BCUT2D eigenvalue weighted by atomic mass is 16.2. The summed E-state index contributed by atoms with van der Waals surface area (Å²) in [4.78, 5) is 23.0. The maximum absolute atomic E-state index is 11.8. The van der Waals surface area contributed by atoms with Crippen LogP contribution in [0.4, 0.5) is 0 Å². The molecule has 0 aliphatic carbocycles. The summed E-state index contributed by atoms with van der Waals surface area (Å²) in [6.45, 7) is 1.89. The minimum absolute atomic E-state index is 0.157. The van der Waals surface area contributed by atoms with E-state index in [4.69, 9.17) is 0 Å². The van der Waals surface area contributed by atoms with Gasteiger partial charge in [-0.1, -0.05) is 18.2 Å². The first-order chi connectivity index (χ1) is 8.74. The monoisotopic (exact) mass is 244 g/mol. The van der Waals surface area contributed by atoms with Gasteiger partial charge < -0.3 is 5.32 Å². The minimum atomic E-state index is -0.171. The van der Waals surface area contributed by atoms with Crippen molar-refractivity contribution in [3.8, 4) is 0 Å². The molecule has 0 radical (unpaired) electrons. The second-order valence-electron chi connectivity index (χ2n) is 4.96. The highest BCUT2D eigenvalue weighted by molar-refractivity contribution is 6.00. The molecule has 0 saturated carbocycles. The van der Waals surface area contributed by atoms with Gasteiger partial charge in [-0.15, -0.1) is 0 Å². The minimum Gasteiger partial charge on any atom is -0.312 e. The van der Waals surface area contributed by atoms with Crippen LogP contribution in [-0.2, 0) is 22.6 Å². The Morgan fingerprint density at radius 3 is 2.83 bits per heavy atom. The van der Waals surface area contributed by atoms with Crippen molar-refractivity contribution in [3.05, 3.63) is 34.9 Å². The number of carbonyl (C=O) groups is 2. The van der Waals surface area contributed by atoms with Gasteiger partial charge in [0.2, 0.25) is 11.8 Å². The molecular formula is C14H16N2O2. The number of benzene rings is 1. The van der Waals surface area contributed by atoms with E-state index in [0.717, 1.165) is 25.1 Å². The first kappa shape index (κ1) is 11.4. The first-order valence-electron chi connectivity index (χ1n) is 6.40. The van der Waals surface area contributed by atoms with Gasteiger partial charge in [0.15, 0.2) is 0 Å². The van der Waals surface area contributed by atoms with E-state index in [9.17, 15) is 9.59 Å². The van der Waals surface area contributed by atoms with Crippen LogP contribution >= 0.6 is 0 Å².